The lowest BCUT2D eigenvalue weighted by molar-refractivity contribution is 0.332. The molecule has 2 nitrogen and oxygen atoms in total. The zero-order valence-electron chi connectivity index (χ0n) is 10.00. The summed E-state index contributed by atoms with van der Waals surface area (Å²) in [6, 6.07) is 12.2. The van der Waals surface area contributed by atoms with Crippen molar-refractivity contribution in [1.29, 1.82) is 0 Å². The van der Waals surface area contributed by atoms with E-state index in [0.29, 0.717) is 18.9 Å². The fraction of sp³-hybridized carbons (Fsp3) is 0.143. The van der Waals surface area contributed by atoms with Gasteiger partial charge >= 0.3 is 0 Å². The van der Waals surface area contributed by atoms with Gasteiger partial charge in [-0.15, -0.1) is 0 Å². The Bertz CT molecular complexity index is 548. The van der Waals surface area contributed by atoms with Crippen LogP contribution >= 0.6 is 27.5 Å². The molecule has 0 amide bonds. The summed E-state index contributed by atoms with van der Waals surface area (Å²) >= 11 is 9.04. The molecule has 1 N–H and O–H groups in total. The van der Waals surface area contributed by atoms with Gasteiger partial charge in [0.2, 0.25) is 0 Å². The van der Waals surface area contributed by atoms with Crippen LogP contribution in [0.15, 0.2) is 46.9 Å². The summed E-state index contributed by atoms with van der Waals surface area (Å²) in [5.74, 6) is 0.117. The molecule has 2 aromatic carbocycles. The Morgan fingerprint density at radius 1 is 1.16 bits per heavy atom. The third-order valence-electron chi connectivity index (χ3n) is 2.44. The Morgan fingerprint density at radius 2 is 1.89 bits per heavy atom. The van der Waals surface area contributed by atoms with E-state index in [0.717, 1.165) is 10.2 Å². The molecule has 19 heavy (non-hydrogen) atoms. The van der Waals surface area contributed by atoms with E-state index in [2.05, 4.69) is 21.2 Å². The summed E-state index contributed by atoms with van der Waals surface area (Å²) in [5, 5.41) is 3.28. The maximum atomic E-state index is 12.9. The van der Waals surface area contributed by atoms with Crippen molar-refractivity contribution >= 4 is 33.2 Å². The highest BCUT2D eigenvalue weighted by Gasteiger charge is 2.01. The lowest BCUT2D eigenvalue weighted by Gasteiger charge is -2.09. The fourth-order valence-corrected chi connectivity index (χ4v) is 1.93. The molecule has 0 spiro atoms. The largest absolute Gasteiger partial charge is 0.492 e. The highest BCUT2D eigenvalue weighted by molar-refractivity contribution is 9.10. The Morgan fingerprint density at radius 3 is 2.58 bits per heavy atom. The van der Waals surface area contributed by atoms with E-state index in [1.165, 1.54) is 12.1 Å². The quantitative estimate of drug-likeness (QED) is 0.792. The summed E-state index contributed by atoms with van der Waals surface area (Å²) in [7, 11) is 0. The summed E-state index contributed by atoms with van der Waals surface area (Å²) in [6.45, 7) is 1.12. The first-order chi connectivity index (χ1) is 9.15. The average molecular weight is 345 g/mol. The predicted octanol–water partition coefficient (Wildman–Crippen LogP) is 4.73. The van der Waals surface area contributed by atoms with Gasteiger partial charge < -0.3 is 10.1 Å². The number of ether oxygens (including phenoxy) is 1. The molecule has 0 unspecified atom stereocenters. The average Bonchev–Trinajstić information content (AvgIpc) is 2.41. The number of nitrogens with one attached hydrogen (secondary N) is 1. The molecule has 0 atom stereocenters. The maximum Gasteiger partial charge on any atom is 0.142 e. The van der Waals surface area contributed by atoms with Crippen LogP contribution in [0.4, 0.5) is 10.1 Å². The number of halogens is 3. The molecule has 0 fully saturated rings. The number of anilines is 1. The van der Waals surface area contributed by atoms with E-state index >= 15 is 0 Å². The zero-order chi connectivity index (χ0) is 13.7. The van der Waals surface area contributed by atoms with Gasteiger partial charge in [0, 0.05) is 22.8 Å². The van der Waals surface area contributed by atoms with E-state index in [1.54, 1.807) is 6.07 Å². The normalized spacial score (nSPS) is 10.3. The fourth-order valence-electron chi connectivity index (χ4n) is 1.50. The molecular formula is C14H12BrClFNO. The lowest BCUT2D eigenvalue weighted by atomic mass is 10.3. The van der Waals surface area contributed by atoms with Crippen molar-refractivity contribution in [2.45, 2.75) is 0 Å². The summed E-state index contributed by atoms with van der Waals surface area (Å²) in [4.78, 5) is 0. The van der Waals surface area contributed by atoms with Crippen molar-refractivity contribution < 1.29 is 9.13 Å². The minimum Gasteiger partial charge on any atom is -0.492 e. The first-order valence-corrected chi connectivity index (χ1v) is 6.89. The molecule has 0 saturated carbocycles. The van der Waals surface area contributed by atoms with Crippen LogP contribution < -0.4 is 10.1 Å². The molecule has 0 aliphatic heterocycles. The van der Waals surface area contributed by atoms with E-state index in [9.17, 15) is 4.39 Å². The van der Waals surface area contributed by atoms with Gasteiger partial charge in [0.25, 0.3) is 0 Å². The smallest absolute Gasteiger partial charge is 0.142 e. The van der Waals surface area contributed by atoms with Crippen LogP contribution in [0.3, 0.4) is 0 Å². The molecule has 0 aliphatic rings. The molecule has 2 rings (SSSR count). The lowest BCUT2D eigenvalue weighted by Crippen LogP contribution is -2.11. The van der Waals surface area contributed by atoms with Gasteiger partial charge in [0.15, 0.2) is 0 Å². The van der Waals surface area contributed by atoms with Gasteiger partial charge in [-0.2, -0.15) is 0 Å². The van der Waals surface area contributed by atoms with Gasteiger partial charge in [0.05, 0.1) is 5.02 Å². The van der Waals surface area contributed by atoms with Gasteiger partial charge in [-0.3, -0.25) is 0 Å². The van der Waals surface area contributed by atoms with Crippen LogP contribution in [0, 0.1) is 5.82 Å². The minimum absolute atomic E-state index is 0.0679. The SMILES string of the molecule is Fc1ccc(OCCNc2ccc(Br)cc2)cc1Cl. The van der Waals surface area contributed by atoms with E-state index in [-0.39, 0.29) is 5.02 Å². The van der Waals surface area contributed by atoms with Gasteiger partial charge in [-0.25, -0.2) is 4.39 Å². The third kappa shape index (κ3) is 4.40. The molecule has 0 radical (unpaired) electrons. The van der Waals surface area contributed by atoms with Crippen molar-refractivity contribution in [3.05, 3.63) is 57.8 Å². The van der Waals surface area contributed by atoms with Crippen molar-refractivity contribution in [2.75, 3.05) is 18.5 Å². The Kier molecular flexibility index (Phi) is 5.05. The minimum atomic E-state index is -0.443. The Labute approximate surface area is 124 Å². The first kappa shape index (κ1) is 14.2. The molecule has 0 aliphatic carbocycles. The van der Waals surface area contributed by atoms with Crippen LogP contribution in [-0.4, -0.2) is 13.2 Å². The van der Waals surface area contributed by atoms with Crippen molar-refractivity contribution in [3.63, 3.8) is 0 Å². The Balaban J connectivity index is 1.77. The van der Waals surface area contributed by atoms with Gasteiger partial charge in [0.1, 0.15) is 18.2 Å². The monoisotopic (exact) mass is 343 g/mol. The van der Waals surface area contributed by atoms with Crippen LogP contribution in [0.5, 0.6) is 5.75 Å². The zero-order valence-corrected chi connectivity index (χ0v) is 12.3. The highest BCUT2D eigenvalue weighted by Crippen LogP contribution is 2.21. The van der Waals surface area contributed by atoms with Crippen LogP contribution in [-0.2, 0) is 0 Å². The maximum absolute atomic E-state index is 12.9. The molecule has 0 heterocycles. The van der Waals surface area contributed by atoms with Crippen molar-refractivity contribution in [2.24, 2.45) is 0 Å². The second-order valence-corrected chi connectivity index (χ2v) is 5.18. The molecule has 100 valence electrons. The van der Waals surface area contributed by atoms with Crippen molar-refractivity contribution in [3.8, 4) is 5.75 Å². The van der Waals surface area contributed by atoms with Crippen LogP contribution in [0.1, 0.15) is 0 Å². The van der Waals surface area contributed by atoms with Gasteiger partial charge in [-0.05, 0) is 36.4 Å². The number of hydrogen-bond donors (Lipinski definition) is 1. The molecule has 0 saturated heterocycles. The highest BCUT2D eigenvalue weighted by atomic mass is 79.9. The standard InChI is InChI=1S/C14H12BrClFNO/c15-10-1-3-11(4-2-10)18-7-8-19-12-5-6-14(17)13(16)9-12/h1-6,9,18H,7-8H2. The van der Waals surface area contributed by atoms with Crippen molar-refractivity contribution in [1.82, 2.24) is 0 Å². The topological polar surface area (TPSA) is 21.3 Å². The van der Waals surface area contributed by atoms with E-state index < -0.39 is 5.82 Å². The Hall–Kier alpha value is -1.26. The van der Waals surface area contributed by atoms with Crippen LogP contribution in [0.25, 0.3) is 0 Å². The van der Waals surface area contributed by atoms with Crippen LogP contribution in [0.2, 0.25) is 5.02 Å². The number of benzene rings is 2. The molecule has 2 aromatic rings. The number of hydrogen-bond acceptors (Lipinski definition) is 2. The first-order valence-electron chi connectivity index (χ1n) is 5.72. The second kappa shape index (κ2) is 6.78. The predicted molar refractivity (Wildman–Crippen MR) is 79.5 cm³/mol. The van der Waals surface area contributed by atoms with E-state index in [4.69, 9.17) is 16.3 Å². The molecule has 0 aromatic heterocycles. The summed E-state index contributed by atoms with van der Waals surface area (Å²) in [5.41, 5.74) is 1.02. The molecular weight excluding hydrogens is 333 g/mol. The molecule has 5 heteroatoms. The number of rotatable bonds is 5. The third-order valence-corrected chi connectivity index (χ3v) is 3.25. The van der Waals surface area contributed by atoms with E-state index in [1.807, 2.05) is 24.3 Å². The summed E-state index contributed by atoms with van der Waals surface area (Å²) in [6.07, 6.45) is 0. The van der Waals surface area contributed by atoms with Gasteiger partial charge in [-0.1, -0.05) is 27.5 Å². The second-order valence-electron chi connectivity index (χ2n) is 3.86. The molecule has 0 bridgehead atoms. The summed E-state index contributed by atoms with van der Waals surface area (Å²) < 4.78 is 19.4.